The van der Waals surface area contributed by atoms with Crippen LogP contribution >= 0.6 is 11.8 Å². The van der Waals surface area contributed by atoms with Gasteiger partial charge in [-0.3, -0.25) is 43.2 Å². The number of nitrogens with two attached hydrogens (primary N) is 2. The number of hydrogen-bond acceptors (Lipinski definition) is 15. The van der Waals surface area contributed by atoms with E-state index in [4.69, 9.17) is 11.5 Å². The number of carboxylic acid groups (broad SMARTS) is 1. The molecule has 0 radical (unpaired) electrons. The molecule has 0 bridgehead atoms. The van der Waals surface area contributed by atoms with Crippen LogP contribution in [0.25, 0.3) is 0 Å². The number of aliphatic hydroxyl groups excluding tert-OH is 2. The lowest BCUT2D eigenvalue weighted by molar-refractivity contribution is -0.142. The molecule has 0 aromatic heterocycles. The Balaban J connectivity index is 3.05. The van der Waals surface area contributed by atoms with Gasteiger partial charge in [-0.1, -0.05) is 60.1 Å². The molecule has 0 aliphatic carbocycles. The largest absolute Gasteiger partial charge is 0.508 e. The number of thioether (sulfide) groups is 1. The van der Waals surface area contributed by atoms with Crippen molar-refractivity contribution < 1.29 is 68.4 Å². The van der Waals surface area contributed by atoms with Gasteiger partial charge in [-0.2, -0.15) is 11.8 Å². The number of aliphatic hydroxyl groups is 2. The molecular weight excluding hydrogens is 925 g/mol. The van der Waals surface area contributed by atoms with E-state index in [1.165, 1.54) is 23.9 Å². The van der Waals surface area contributed by atoms with E-state index in [9.17, 15) is 68.4 Å². The lowest BCUT2D eigenvalue weighted by Gasteiger charge is -2.30. The van der Waals surface area contributed by atoms with Crippen LogP contribution in [0.2, 0.25) is 0 Å². The van der Waals surface area contributed by atoms with Gasteiger partial charge in [0.15, 0.2) is 0 Å². The first-order valence-electron chi connectivity index (χ1n) is 22.5. The summed E-state index contributed by atoms with van der Waals surface area (Å²) in [5, 5.41) is 58.6. The third-order valence-electron chi connectivity index (χ3n) is 10.7. The first-order chi connectivity index (χ1) is 32.4. The number of aromatic hydroxyl groups is 1. The van der Waals surface area contributed by atoms with Gasteiger partial charge in [0.1, 0.15) is 48.0 Å². The summed E-state index contributed by atoms with van der Waals surface area (Å²) in [6.07, 6.45) is 1.65. The molecule has 9 amide bonds. The van der Waals surface area contributed by atoms with E-state index in [-0.39, 0.29) is 43.8 Å². The summed E-state index contributed by atoms with van der Waals surface area (Å²) in [5.74, 6) is -10.0. The van der Waals surface area contributed by atoms with Crippen LogP contribution in [0.15, 0.2) is 24.3 Å². The molecule has 0 saturated heterocycles. The predicted octanol–water partition coefficient (Wildman–Crippen LogP) is -3.39. The normalized spacial score (nSPS) is 15.1. The topological polar surface area (TPSA) is 400 Å². The van der Waals surface area contributed by atoms with Crippen LogP contribution in [0.1, 0.15) is 79.2 Å². The predicted molar refractivity (Wildman–Crippen MR) is 253 cm³/mol. The van der Waals surface area contributed by atoms with Crippen molar-refractivity contribution in [2.24, 2.45) is 29.2 Å². The number of aliphatic carboxylic acids is 1. The minimum Gasteiger partial charge on any atom is -0.508 e. The molecule has 0 aliphatic rings. The molecule has 0 aliphatic heterocycles. The quantitative estimate of drug-likeness (QED) is 0.0335. The number of amides is 9. The van der Waals surface area contributed by atoms with Crippen LogP contribution < -0.4 is 54.0 Å². The molecule has 0 saturated carbocycles. The number of phenolic OH excluding ortho intramolecular Hbond substituents is 1. The Morgan fingerprint density at radius 1 is 0.638 bits per heavy atom. The SMILES string of the molecule is CC[C@H](C)[C@H](NC(=O)[C@H](CO)NC(=O)[C@H](CC(C)C)NC(=O)CNC(=O)[C@H](CO)NC(=O)[C@H](CCC(N)=O)NC(=O)[C@@H](N)Cc1ccc(O)cc1)C(=O)N[C@H](C(=O)N[C@@H](CCSC)C(=O)O)C(C)C. The van der Waals surface area contributed by atoms with Gasteiger partial charge in [0, 0.05) is 6.42 Å². The molecule has 0 spiro atoms. The first-order valence-corrected chi connectivity index (χ1v) is 23.9. The van der Waals surface area contributed by atoms with Gasteiger partial charge in [-0.05, 0) is 73.1 Å². The third-order valence-corrected chi connectivity index (χ3v) is 11.4. The fraction of sp³-hybridized carbons (Fsp3) is 0.636. The van der Waals surface area contributed by atoms with Crippen molar-refractivity contribution in [2.45, 2.75) is 128 Å². The number of benzene rings is 1. The van der Waals surface area contributed by atoms with Crippen LogP contribution in [0.3, 0.4) is 0 Å². The second-order valence-corrected chi connectivity index (χ2v) is 18.3. The second-order valence-electron chi connectivity index (χ2n) is 17.3. The zero-order chi connectivity index (χ0) is 52.5. The molecule has 24 nitrogen and oxygen atoms in total. The molecule has 25 heteroatoms. The van der Waals surface area contributed by atoms with Gasteiger partial charge in [0.2, 0.25) is 53.2 Å². The fourth-order valence-corrected chi connectivity index (χ4v) is 6.94. The van der Waals surface area contributed by atoms with Gasteiger partial charge in [0.25, 0.3) is 0 Å². The fourth-order valence-electron chi connectivity index (χ4n) is 6.47. The third kappa shape index (κ3) is 22.3. The highest BCUT2D eigenvalue weighted by atomic mass is 32.2. The molecule has 0 heterocycles. The van der Waals surface area contributed by atoms with Gasteiger partial charge in [0.05, 0.1) is 25.8 Å². The summed E-state index contributed by atoms with van der Waals surface area (Å²) in [6, 6.07) is -5.05. The van der Waals surface area contributed by atoms with Crippen LogP contribution in [0, 0.1) is 17.8 Å². The minimum absolute atomic E-state index is 0.00398. The Labute approximate surface area is 405 Å². The van der Waals surface area contributed by atoms with Gasteiger partial charge < -0.3 is 74.4 Å². The Morgan fingerprint density at radius 3 is 1.65 bits per heavy atom. The molecule has 1 aromatic rings. The summed E-state index contributed by atoms with van der Waals surface area (Å²) in [4.78, 5) is 130. The Kier molecular flexibility index (Phi) is 27.5. The number of nitrogens with one attached hydrogen (secondary N) is 8. The summed E-state index contributed by atoms with van der Waals surface area (Å²) in [7, 11) is 0. The maximum atomic E-state index is 13.7. The number of hydrogen-bond donors (Lipinski definition) is 14. The molecule has 1 rings (SSSR count). The highest BCUT2D eigenvalue weighted by Crippen LogP contribution is 2.14. The molecule has 0 fully saturated rings. The zero-order valence-corrected chi connectivity index (χ0v) is 41.0. The Bertz CT molecular complexity index is 1910. The van der Waals surface area contributed by atoms with E-state index in [0.29, 0.717) is 17.7 Å². The zero-order valence-electron chi connectivity index (χ0n) is 40.2. The van der Waals surface area contributed by atoms with Crippen LogP contribution in [-0.2, 0) is 54.4 Å². The van der Waals surface area contributed by atoms with Gasteiger partial charge in [-0.15, -0.1) is 0 Å². The van der Waals surface area contributed by atoms with Crippen LogP contribution in [-0.4, -0.2) is 160 Å². The van der Waals surface area contributed by atoms with Gasteiger partial charge >= 0.3 is 5.97 Å². The van der Waals surface area contributed by atoms with E-state index in [1.54, 1.807) is 59.9 Å². The number of primary amides is 1. The molecule has 1 aromatic carbocycles. The van der Waals surface area contributed by atoms with Crippen molar-refractivity contribution in [1.82, 2.24) is 42.5 Å². The van der Waals surface area contributed by atoms with E-state index in [0.717, 1.165) is 0 Å². The number of carboxylic acids is 1. The van der Waals surface area contributed by atoms with E-state index >= 15 is 0 Å². The van der Waals surface area contributed by atoms with Crippen LogP contribution in [0.5, 0.6) is 5.75 Å². The highest BCUT2D eigenvalue weighted by Gasteiger charge is 2.36. The second kappa shape index (κ2) is 31.2. The first kappa shape index (κ1) is 61.0. The Morgan fingerprint density at radius 2 is 1.14 bits per heavy atom. The van der Waals surface area contributed by atoms with E-state index in [1.807, 2.05) is 0 Å². The lowest BCUT2D eigenvalue weighted by atomic mass is 9.96. The van der Waals surface area contributed by atoms with Crippen molar-refractivity contribution in [1.29, 1.82) is 0 Å². The standard InChI is InChI=1S/C44H72N10O14S/c1-8-24(6)36(43(66)53-35(23(4)5)42(65)50-29(44(67)68)15-16-69-7)54-41(64)32(21-56)52-40(63)30(17-22(2)3)48-34(59)19-47-38(61)31(20-55)51-39(62)28(13-14-33(46)58)49-37(60)27(45)18-25-9-11-26(57)12-10-25/h9-12,22-24,27-32,35-36,55-57H,8,13-21,45H2,1-7H3,(H2,46,58)(H,47,61)(H,48,59)(H,49,60)(H,50,65)(H,51,62)(H,52,63)(H,53,66)(H,54,64)(H,67,68)/t24-,27-,28-,29-,30-,31-,32-,35-,36-/m0/s1. The number of rotatable bonds is 32. The highest BCUT2D eigenvalue weighted by molar-refractivity contribution is 7.98. The average molecular weight is 997 g/mol. The summed E-state index contributed by atoms with van der Waals surface area (Å²) in [5.41, 5.74) is 11.9. The maximum absolute atomic E-state index is 13.7. The Hall–Kier alpha value is -6.05. The lowest BCUT2D eigenvalue weighted by Crippen LogP contribution is -2.61. The molecule has 0 unspecified atom stereocenters. The molecule has 16 N–H and O–H groups in total. The number of phenols is 1. The van der Waals surface area contributed by atoms with Crippen molar-refractivity contribution in [2.75, 3.05) is 31.8 Å². The maximum Gasteiger partial charge on any atom is 0.326 e. The summed E-state index contributed by atoms with van der Waals surface area (Å²) in [6.45, 7) is 7.44. The smallest absolute Gasteiger partial charge is 0.326 e. The molecule has 69 heavy (non-hydrogen) atoms. The van der Waals surface area contributed by atoms with Crippen molar-refractivity contribution in [3.05, 3.63) is 29.8 Å². The van der Waals surface area contributed by atoms with E-state index < -0.39 is 139 Å². The monoisotopic (exact) mass is 996 g/mol. The van der Waals surface area contributed by atoms with Crippen molar-refractivity contribution in [3.63, 3.8) is 0 Å². The molecular formula is C44H72N10O14S. The van der Waals surface area contributed by atoms with Crippen molar-refractivity contribution in [3.8, 4) is 5.75 Å². The summed E-state index contributed by atoms with van der Waals surface area (Å²) < 4.78 is 0. The summed E-state index contributed by atoms with van der Waals surface area (Å²) >= 11 is 1.40. The van der Waals surface area contributed by atoms with E-state index in [2.05, 4.69) is 42.5 Å². The average Bonchev–Trinajstić information content (AvgIpc) is 3.29. The number of carbonyl (C=O) groups excluding carboxylic acids is 9. The van der Waals surface area contributed by atoms with Crippen LogP contribution in [0.4, 0.5) is 0 Å². The molecule has 9 atom stereocenters. The van der Waals surface area contributed by atoms with Gasteiger partial charge in [-0.25, -0.2) is 4.79 Å². The number of carbonyl (C=O) groups is 10. The molecule has 388 valence electrons. The van der Waals surface area contributed by atoms with Crippen molar-refractivity contribution >= 4 is 70.9 Å². The minimum atomic E-state index is -1.67.